The quantitative estimate of drug-likeness (QED) is 0.356. The zero-order chi connectivity index (χ0) is 19.4. The van der Waals surface area contributed by atoms with Crippen molar-refractivity contribution in [2.75, 3.05) is 0 Å². The molecule has 0 amide bonds. The number of halogens is 5. The third kappa shape index (κ3) is 3.75. The maximum atomic E-state index is 12.9. The van der Waals surface area contributed by atoms with Gasteiger partial charge in [0.2, 0.25) is 0 Å². The number of fused-ring (bicyclic) bond motifs is 1. The number of hydrogen-bond acceptors (Lipinski definition) is 3. The highest BCUT2D eigenvalue weighted by molar-refractivity contribution is 8.45. The van der Waals surface area contributed by atoms with E-state index in [4.69, 9.17) is 0 Å². The molecule has 3 nitrogen and oxygen atoms in total. The summed E-state index contributed by atoms with van der Waals surface area (Å²) in [6.45, 7) is 3.55. The fourth-order valence-electron chi connectivity index (χ4n) is 2.72. The lowest BCUT2D eigenvalue weighted by molar-refractivity contribution is 0.0976. The zero-order valence-corrected chi connectivity index (χ0v) is 15.4. The molecule has 26 heavy (non-hydrogen) atoms. The number of imidazole rings is 1. The van der Waals surface area contributed by atoms with Gasteiger partial charge in [0.1, 0.15) is 10.6 Å². The molecule has 0 aliphatic heterocycles. The first-order valence-electron chi connectivity index (χ1n) is 7.56. The Morgan fingerprint density at radius 2 is 1.88 bits per heavy atom. The van der Waals surface area contributed by atoms with Gasteiger partial charge in [-0.1, -0.05) is 31.6 Å². The number of carbonyl (C=O) groups excluding carboxylic acids is 1. The summed E-state index contributed by atoms with van der Waals surface area (Å²) in [5.41, 5.74) is 0.930. The fourth-order valence-corrected chi connectivity index (χ4v) is 4.30. The van der Waals surface area contributed by atoms with Gasteiger partial charge in [-0.15, -0.1) is 11.3 Å². The molecule has 0 unspecified atom stereocenters. The molecule has 0 saturated heterocycles. The summed E-state index contributed by atoms with van der Waals surface area (Å²) in [6.07, 6.45) is 1.59. The third-order valence-electron chi connectivity index (χ3n) is 3.86. The standard InChI is InChI=1S/C16H15F5N2OS2/c1-10-9-23-15(11(2)22-16(23)25-10)14(24)7-6-12-4-3-5-13(8-12)26(17,18,19,20)21/h3-5,8-9H,6-7H2,1-2H3. The van der Waals surface area contributed by atoms with E-state index in [1.165, 1.54) is 17.4 Å². The predicted molar refractivity (Wildman–Crippen MR) is 93.0 cm³/mol. The number of benzene rings is 1. The summed E-state index contributed by atoms with van der Waals surface area (Å²) < 4.78 is 66.2. The van der Waals surface area contributed by atoms with E-state index in [-0.39, 0.29) is 24.2 Å². The Morgan fingerprint density at radius 1 is 1.19 bits per heavy atom. The maximum Gasteiger partial charge on any atom is 0.310 e. The Bertz CT molecular complexity index is 1020. The maximum absolute atomic E-state index is 12.9. The van der Waals surface area contributed by atoms with Crippen LogP contribution in [0.4, 0.5) is 19.4 Å². The SMILES string of the molecule is Cc1cn2c(C(=O)CCc3cccc(S(F)(F)(F)(F)F)c3)c(C)nc2s1. The van der Waals surface area contributed by atoms with Crippen LogP contribution in [0.5, 0.6) is 0 Å². The van der Waals surface area contributed by atoms with Crippen LogP contribution in [0.25, 0.3) is 4.96 Å². The number of hydrogen-bond donors (Lipinski definition) is 0. The first kappa shape index (κ1) is 18.8. The minimum atomic E-state index is -9.72. The number of rotatable bonds is 5. The highest BCUT2D eigenvalue weighted by Gasteiger charge is 2.65. The highest BCUT2D eigenvalue weighted by atomic mass is 32.5. The van der Waals surface area contributed by atoms with Crippen molar-refractivity contribution in [2.24, 2.45) is 0 Å². The number of thiazole rings is 1. The van der Waals surface area contributed by atoms with Gasteiger partial charge in [-0.05, 0) is 38.0 Å². The van der Waals surface area contributed by atoms with Crippen molar-refractivity contribution in [3.63, 3.8) is 0 Å². The molecule has 0 fully saturated rings. The number of aryl methyl sites for hydroxylation is 3. The summed E-state index contributed by atoms with van der Waals surface area (Å²) in [7, 11) is -9.72. The average molecular weight is 410 g/mol. The molecule has 0 spiro atoms. The summed E-state index contributed by atoms with van der Waals surface area (Å²) in [6, 6.07) is 3.00. The molecule has 0 N–H and O–H groups in total. The number of carbonyl (C=O) groups is 1. The summed E-state index contributed by atoms with van der Waals surface area (Å²) in [5, 5.41) is 0. The normalized spacial score (nSPS) is 15.0. The Kier molecular flexibility index (Phi) is 3.83. The van der Waals surface area contributed by atoms with Gasteiger partial charge in [-0.3, -0.25) is 9.20 Å². The molecule has 0 aliphatic rings. The van der Waals surface area contributed by atoms with Gasteiger partial charge in [0.25, 0.3) is 0 Å². The molecule has 0 bridgehead atoms. The molecule has 0 aliphatic carbocycles. The van der Waals surface area contributed by atoms with Crippen molar-refractivity contribution in [1.29, 1.82) is 0 Å². The molecule has 0 saturated carbocycles. The average Bonchev–Trinajstić information content (AvgIpc) is 2.97. The van der Waals surface area contributed by atoms with Crippen molar-refractivity contribution in [1.82, 2.24) is 9.38 Å². The van der Waals surface area contributed by atoms with E-state index in [9.17, 15) is 24.2 Å². The fraction of sp³-hybridized carbons (Fsp3) is 0.250. The number of Topliss-reactive ketones (excluding diaryl/α,β-unsaturated/α-hetero) is 1. The van der Waals surface area contributed by atoms with E-state index >= 15 is 0 Å². The smallest absolute Gasteiger partial charge is 0.292 e. The molecule has 1 aromatic carbocycles. The zero-order valence-electron chi connectivity index (χ0n) is 13.8. The molecule has 3 rings (SSSR count). The second-order valence-corrected chi connectivity index (χ2v) is 9.70. The number of nitrogens with zero attached hydrogens (tertiary/aromatic N) is 2. The van der Waals surface area contributed by atoms with Crippen molar-refractivity contribution >= 4 is 32.3 Å². The van der Waals surface area contributed by atoms with Crippen LogP contribution in [0.15, 0.2) is 35.4 Å². The van der Waals surface area contributed by atoms with Gasteiger partial charge in [-0.2, -0.15) is 0 Å². The second kappa shape index (κ2) is 5.29. The Hall–Kier alpha value is -1.94. The first-order valence-corrected chi connectivity index (χ1v) is 10.3. The van der Waals surface area contributed by atoms with E-state index < -0.39 is 15.1 Å². The van der Waals surface area contributed by atoms with Gasteiger partial charge < -0.3 is 0 Å². The van der Waals surface area contributed by atoms with Gasteiger partial charge >= 0.3 is 10.2 Å². The molecule has 142 valence electrons. The summed E-state index contributed by atoms with van der Waals surface area (Å²) in [4.78, 5) is 16.5. The van der Waals surface area contributed by atoms with Crippen LogP contribution in [0.3, 0.4) is 0 Å². The molecular weight excluding hydrogens is 395 g/mol. The Labute approximate surface area is 150 Å². The van der Waals surface area contributed by atoms with Crippen LogP contribution in [0.1, 0.15) is 33.0 Å². The molecule has 2 aromatic heterocycles. The largest absolute Gasteiger partial charge is 0.310 e. The minimum absolute atomic E-state index is 0.0315. The second-order valence-electron chi connectivity index (χ2n) is 6.08. The number of aromatic nitrogens is 2. The van der Waals surface area contributed by atoms with Crippen LogP contribution in [0, 0.1) is 13.8 Å². The van der Waals surface area contributed by atoms with Crippen molar-refractivity contribution in [2.45, 2.75) is 31.6 Å². The van der Waals surface area contributed by atoms with Crippen LogP contribution >= 0.6 is 21.6 Å². The van der Waals surface area contributed by atoms with Crippen LogP contribution in [0.2, 0.25) is 0 Å². The monoisotopic (exact) mass is 410 g/mol. The lowest BCUT2D eigenvalue weighted by Gasteiger charge is -2.40. The molecule has 0 radical (unpaired) electrons. The van der Waals surface area contributed by atoms with Crippen LogP contribution in [-0.4, -0.2) is 15.2 Å². The first-order chi connectivity index (χ1) is 11.7. The minimum Gasteiger partial charge on any atom is -0.292 e. The van der Waals surface area contributed by atoms with E-state index in [0.717, 1.165) is 10.9 Å². The van der Waals surface area contributed by atoms with Gasteiger partial charge in [0.15, 0.2) is 10.7 Å². The van der Waals surface area contributed by atoms with E-state index in [2.05, 4.69) is 4.98 Å². The van der Waals surface area contributed by atoms with Crippen molar-refractivity contribution < 1.29 is 24.2 Å². The Balaban J connectivity index is 1.83. The van der Waals surface area contributed by atoms with Gasteiger partial charge in [0.05, 0.1) is 5.69 Å². The van der Waals surface area contributed by atoms with Crippen LogP contribution < -0.4 is 0 Å². The van der Waals surface area contributed by atoms with Crippen LogP contribution in [-0.2, 0) is 6.42 Å². The van der Waals surface area contributed by atoms with Gasteiger partial charge in [0, 0.05) is 17.5 Å². The van der Waals surface area contributed by atoms with E-state index in [1.807, 2.05) is 6.92 Å². The molecule has 0 atom stereocenters. The van der Waals surface area contributed by atoms with Crippen molar-refractivity contribution in [3.8, 4) is 0 Å². The molecule has 10 heteroatoms. The van der Waals surface area contributed by atoms with E-state index in [1.54, 1.807) is 17.5 Å². The highest BCUT2D eigenvalue weighted by Crippen LogP contribution is 3.02. The van der Waals surface area contributed by atoms with Gasteiger partial charge in [-0.25, -0.2) is 4.98 Å². The summed E-state index contributed by atoms with van der Waals surface area (Å²) >= 11 is 1.42. The lowest BCUT2D eigenvalue weighted by Crippen LogP contribution is -2.08. The molecular formula is C16H15F5N2OS2. The van der Waals surface area contributed by atoms with Crippen molar-refractivity contribution in [3.05, 3.63) is 52.3 Å². The summed E-state index contributed by atoms with van der Waals surface area (Å²) in [5.74, 6) is -0.300. The third-order valence-corrected chi connectivity index (χ3v) is 5.91. The topological polar surface area (TPSA) is 34.4 Å². The predicted octanol–water partition coefficient (Wildman–Crippen LogP) is 6.49. The molecule has 2 heterocycles. The Morgan fingerprint density at radius 3 is 2.54 bits per heavy atom. The number of ketones is 1. The van der Waals surface area contributed by atoms with E-state index in [0.29, 0.717) is 28.5 Å². The molecule has 3 aromatic rings. The lowest BCUT2D eigenvalue weighted by atomic mass is 10.1.